The van der Waals surface area contributed by atoms with Crippen LogP contribution in [-0.2, 0) is 0 Å². The molecule has 0 amide bonds. The monoisotopic (exact) mass is 1270 g/mol. The highest BCUT2D eigenvalue weighted by molar-refractivity contribution is 7.34. The minimum Gasteiger partial charge on any atom is -0.458 e. The lowest BCUT2D eigenvalue weighted by Crippen LogP contribution is -2.65. The number of nitrogens with zero attached hydrogens (tertiary/aromatic N) is 2. The zero-order chi connectivity index (χ0) is 64.4. The van der Waals surface area contributed by atoms with E-state index in [0.717, 1.165) is 113 Å². The predicted octanol–water partition coefficient (Wildman–Crippen LogP) is 17.4. The fraction of sp³-hybridized carbons (Fsp3) is 0.106. The molecule has 0 bridgehead atoms. The lowest BCUT2D eigenvalue weighted by Gasteiger charge is -2.47. The van der Waals surface area contributed by atoms with E-state index in [2.05, 4.69) is 284 Å². The first-order chi connectivity index (χ1) is 46.8. The molecule has 14 aromatic rings. The van der Waals surface area contributed by atoms with Crippen LogP contribution in [0.5, 0.6) is 34.5 Å². The fourth-order valence-electron chi connectivity index (χ4n) is 17.6. The smallest absolute Gasteiger partial charge is 0.273 e. The summed E-state index contributed by atoms with van der Waals surface area (Å²) in [5.74, 6) is 5.28. The summed E-state index contributed by atoms with van der Waals surface area (Å²) in [5, 5.41) is 6.47. The molecule has 456 valence electrons. The van der Waals surface area contributed by atoms with Gasteiger partial charge in [-0.2, -0.15) is 0 Å². The van der Waals surface area contributed by atoms with E-state index in [1.165, 1.54) is 119 Å². The average Bonchev–Trinajstić information content (AvgIpc) is 0.968. The van der Waals surface area contributed by atoms with Gasteiger partial charge < -0.3 is 29.3 Å². The Morgan fingerprint density at radius 1 is 0.323 bits per heavy atom. The van der Waals surface area contributed by atoms with Crippen molar-refractivity contribution in [1.82, 2.24) is 0 Å². The fourth-order valence-corrected chi connectivity index (χ4v) is 20.2. The van der Waals surface area contributed by atoms with E-state index in [-0.39, 0.29) is 20.1 Å². The van der Waals surface area contributed by atoms with Crippen molar-refractivity contribution in [1.29, 1.82) is 0 Å². The van der Waals surface area contributed by atoms with Gasteiger partial charge in [-0.25, -0.2) is 0 Å². The molecule has 1 N–H and O–H groups in total. The maximum absolute atomic E-state index is 7.65. The second-order valence-electron chi connectivity index (χ2n) is 27.6. The van der Waals surface area contributed by atoms with E-state index in [4.69, 9.17) is 14.2 Å². The molecule has 2 aromatic heterocycles. The first kappa shape index (κ1) is 56.0. The van der Waals surface area contributed by atoms with Crippen LogP contribution in [0.15, 0.2) is 206 Å². The molecule has 6 nitrogen and oxygen atoms in total. The number of anilines is 8. The number of rotatable bonds is 5. The Morgan fingerprint density at radius 3 is 1.27 bits per heavy atom. The molecule has 96 heavy (non-hydrogen) atoms. The number of hydrogen-bond donors (Lipinski definition) is 1. The first-order valence-corrected chi connectivity index (χ1v) is 35.1. The number of nitrogens with one attached hydrogen (secondary N) is 1. The van der Waals surface area contributed by atoms with E-state index in [1.807, 2.05) is 22.7 Å². The highest BCUT2D eigenvalue weighted by atomic mass is 32.1. The number of thiophene rings is 2. The van der Waals surface area contributed by atoms with Crippen molar-refractivity contribution in [2.45, 2.75) is 62.3 Å². The molecule has 0 radical (unpaired) electrons. The lowest BCUT2D eigenvalue weighted by molar-refractivity contribution is 0.468. The van der Waals surface area contributed by atoms with Crippen LogP contribution in [0, 0.1) is 62.3 Å². The van der Waals surface area contributed by atoms with E-state index in [1.54, 1.807) is 0 Å². The quantitative estimate of drug-likeness (QED) is 0.173. The topological polar surface area (TPSA) is 46.2 Å². The number of ether oxygens (including phenoxy) is 3. The van der Waals surface area contributed by atoms with Crippen LogP contribution in [0.25, 0.3) is 53.6 Å². The SMILES string of the molecule is Cc1cc(C)c(N2c3cc4c(cc3B3c5cc6c(cc5N(c5c(C)cc(C)cc5C)c5cc(-c7ccccc7C)cc2c53)Oc2cc(-c3ccccc3C)cc3c2B6c2sc5ccccc5c2O3)B2c3sc5ccccc5c3Oc3cc(-c5ccccc5C)cc(c32)N4)c(C)c1. The zero-order valence-electron chi connectivity index (χ0n) is 54.8. The van der Waals surface area contributed by atoms with Gasteiger partial charge in [0.25, 0.3) is 20.1 Å². The van der Waals surface area contributed by atoms with Gasteiger partial charge >= 0.3 is 0 Å². The molecule has 0 atom stereocenters. The first-order valence-electron chi connectivity index (χ1n) is 33.5. The van der Waals surface area contributed by atoms with Crippen molar-refractivity contribution in [3.8, 4) is 67.9 Å². The van der Waals surface area contributed by atoms with Crippen molar-refractivity contribution < 1.29 is 14.2 Å². The van der Waals surface area contributed by atoms with Gasteiger partial charge in [0.05, 0.1) is 11.4 Å². The second-order valence-corrected chi connectivity index (χ2v) is 29.8. The molecule has 0 aliphatic carbocycles. The van der Waals surface area contributed by atoms with E-state index >= 15 is 0 Å². The second kappa shape index (κ2) is 20.3. The van der Waals surface area contributed by atoms with Gasteiger partial charge in [-0.15, -0.1) is 22.7 Å². The molecular weight excluding hydrogens is 1210 g/mol. The largest absolute Gasteiger partial charge is 0.458 e. The van der Waals surface area contributed by atoms with Crippen LogP contribution in [0.3, 0.4) is 0 Å². The molecule has 12 aromatic carbocycles. The zero-order valence-corrected chi connectivity index (χ0v) is 56.4. The molecule has 6 aliphatic rings. The van der Waals surface area contributed by atoms with Crippen LogP contribution in [-0.4, -0.2) is 20.1 Å². The molecule has 0 fully saturated rings. The van der Waals surface area contributed by atoms with E-state index in [9.17, 15) is 0 Å². The number of hydrogen-bond acceptors (Lipinski definition) is 8. The summed E-state index contributed by atoms with van der Waals surface area (Å²) in [6.45, 7) is 19.8. The summed E-state index contributed by atoms with van der Waals surface area (Å²) in [4.78, 5) is 5.29. The average molecular weight is 1270 g/mol. The van der Waals surface area contributed by atoms with Crippen molar-refractivity contribution in [2.24, 2.45) is 0 Å². The maximum atomic E-state index is 7.65. The molecular formula is C85H62B3N3O3S2. The third-order valence-corrected chi connectivity index (χ3v) is 23.9. The number of benzene rings is 12. The third-order valence-electron chi connectivity index (χ3n) is 21.5. The van der Waals surface area contributed by atoms with Gasteiger partial charge in [-0.3, -0.25) is 0 Å². The molecule has 0 unspecified atom stereocenters. The summed E-state index contributed by atoms with van der Waals surface area (Å²) >= 11 is 3.71. The number of fused-ring (bicyclic) bond motifs is 16. The van der Waals surface area contributed by atoms with Crippen molar-refractivity contribution in [3.05, 3.63) is 256 Å². The Labute approximate surface area is 568 Å². The van der Waals surface area contributed by atoms with Gasteiger partial charge in [0.2, 0.25) is 0 Å². The minimum atomic E-state index is -0.261. The summed E-state index contributed by atoms with van der Waals surface area (Å²) in [6.07, 6.45) is 0. The molecule has 0 spiro atoms. The van der Waals surface area contributed by atoms with Gasteiger partial charge in [-0.1, -0.05) is 145 Å². The van der Waals surface area contributed by atoms with Crippen molar-refractivity contribution >= 4 is 156 Å². The molecule has 11 heteroatoms. The van der Waals surface area contributed by atoms with Gasteiger partial charge in [0, 0.05) is 75.4 Å². The van der Waals surface area contributed by atoms with Gasteiger partial charge in [0.1, 0.15) is 34.5 Å². The Balaban J connectivity index is 0.916. The van der Waals surface area contributed by atoms with Crippen LogP contribution < -0.4 is 77.1 Å². The molecule has 8 heterocycles. The third kappa shape index (κ3) is 7.90. The molecule has 20 rings (SSSR count). The summed E-state index contributed by atoms with van der Waals surface area (Å²) in [5.41, 5.74) is 35.3. The maximum Gasteiger partial charge on any atom is 0.273 e. The Morgan fingerprint density at radius 2 is 0.750 bits per heavy atom. The van der Waals surface area contributed by atoms with Gasteiger partial charge in [-0.05, 0) is 234 Å². The number of aryl methyl sites for hydroxylation is 9. The summed E-state index contributed by atoms with van der Waals surface area (Å²) in [6, 6.07) is 77.7. The normalized spacial score (nSPS) is 13.7. The van der Waals surface area contributed by atoms with Crippen LogP contribution in [0.1, 0.15) is 50.1 Å². The Kier molecular flexibility index (Phi) is 11.8. The van der Waals surface area contributed by atoms with Crippen molar-refractivity contribution in [3.63, 3.8) is 0 Å². The summed E-state index contributed by atoms with van der Waals surface area (Å²) in [7, 11) is 0. The van der Waals surface area contributed by atoms with Crippen LogP contribution in [0.2, 0.25) is 0 Å². The molecule has 0 saturated carbocycles. The lowest BCUT2D eigenvalue weighted by atomic mass is 9.30. The highest BCUT2D eigenvalue weighted by Gasteiger charge is 2.51. The van der Waals surface area contributed by atoms with Crippen LogP contribution in [0.4, 0.5) is 45.5 Å². The minimum absolute atomic E-state index is 0.133. The molecule has 0 saturated heterocycles. The summed E-state index contributed by atoms with van der Waals surface area (Å²) < 4.78 is 27.1. The van der Waals surface area contributed by atoms with E-state index in [0.29, 0.717) is 0 Å². The standard InChI is InChI=1S/C85H62B3N3O3S2/c1-44-30-49(6)80(50(7)31-44)90-67-42-65-61(87-77-66(89-65)34-53(56-23-13-10-20-46(56)3)37-72(77)93-82-59-26-16-18-28-75(59)95-84(82)87)40-62(67)86-63-41-64-71(43-68(63)91(81-51(8)32-45(2)33-52(81)9)70-36-54(35-69(90)78(70)86)57-24-14-11-21-47(57)4)92-73-38-55(58-25-15-12-22-48(58)5)39-74-79(73)88(64)85-83(94-74)60-27-17-19-29-76(60)96-85/h10-43,89H,1-9H3. The van der Waals surface area contributed by atoms with Crippen molar-refractivity contribution in [2.75, 3.05) is 15.1 Å². The highest BCUT2D eigenvalue weighted by Crippen LogP contribution is 2.52. The Hall–Kier alpha value is -10.4. The van der Waals surface area contributed by atoms with Crippen LogP contribution >= 0.6 is 22.7 Å². The van der Waals surface area contributed by atoms with E-state index < -0.39 is 0 Å². The molecule has 6 aliphatic heterocycles. The predicted molar refractivity (Wildman–Crippen MR) is 409 cm³/mol. The Bertz CT molecular complexity index is 5490. The van der Waals surface area contributed by atoms with Gasteiger partial charge in [0.15, 0.2) is 0 Å².